The first-order valence-corrected chi connectivity index (χ1v) is 11.3. The molecule has 0 nitrogen and oxygen atoms in total. The molecule has 1 aromatic rings. The summed E-state index contributed by atoms with van der Waals surface area (Å²) in [5, 5.41) is 0. The molecule has 0 saturated carbocycles. The van der Waals surface area contributed by atoms with Crippen LogP contribution in [0.4, 0.5) is 0 Å². The number of hydrogen-bond donors (Lipinski definition) is 0. The highest BCUT2D eigenvalue weighted by atomic mass is 35.6. The summed E-state index contributed by atoms with van der Waals surface area (Å²) in [5.41, 5.74) is 0.0996. The summed E-state index contributed by atoms with van der Waals surface area (Å²) < 4.78 is -13.4. The highest BCUT2D eigenvalue weighted by molar-refractivity contribution is 6.79. The molecular weight excluding hydrogens is 640 g/mol. The number of hydrogen-bond acceptors (Lipinski definition) is 0. The standard InChI is InChI=1S/C12H4Cl14/c13-7(14,9(17,18)11(21,22)23)5-2-1-3-6(4-5)8(15,16)10(19,20)12(24,25)26/h1-4H. The minimum absolute atomic E-state index is 0.0498. The zero-order valence-corrected chi connectivity index (χ0v) is 22.2. The normalized spacial score (nSPS) is 15.3. The van der Waals surface area contributed by atoms with Crippen LogP contribution >= 0.6 is 162 Å². The van der Waals surface area contributed by atoms with Gasteiger partial charge in [-0.25, -0.2) is 0 Å². The second kappa shape index (κ2) is 8.67. The Balaban J connectivity index is 3.54. The minimum atomic E-state index is -2.29. The topological polar surface area (TPSA) is 0 Å². The molecule has 1 aromatic carbocycles. The van der Waals surface area contributed by atoms with Gasteiger partial charge in [0.25, 0.3) is 0 Å². The van der Waals surface area contributed by atoms with Gasteiger partial charge in [-0.15, -0.1) is 0 Å². The second-order valence-electron chi connectivity index (χ2n) is 4.87. The first kappa shape index (κ1) is 27.3. The van der Waals surface area contributed by atoms with E-state index in [-0.39, 0.29) is 11.1 Å². The quantitative estimate of drug-likeness (QED) is 0.286. The van der Waals surface area contributed by atoms with Gasteiger partial charge in [-0.2, -0.15) is 0 Å². The van der Waals surface area contributed by atoms with Crippen molar-refractivity contribution in [3.05, 3.63) is 35.4 Å². The van der Waals surface area contributed by atoms with Crippen molar-refractivity contribution in [2.24, 2.45) is 0 Å². The van der Waals surface area contributed by atoms with Crippen LogP contribution in [-0.4, -0.2) is 16.3 Å². The third-order valence-corrected chi connectivity index (χ3v) is 11.0. The van der Waals surface area contributed by atoms with E-state index in [2.05, 4.69) is 0 Å². The lowest BCUT2D eigenvalue weighted by Crippen LogP contribution is -2.46. The molecule has 0 heterocycles. The van der Waals surface area contributed by atoms with Crippen molar-refractivity contribution in [3.63, 3.8) is 0 Å². The molecule has 0 amide bonds. The molecule has 0 aromatic heterocycles. The summed E-state index contributed by atoms with van der Waals surface area (Å²) in [5.74, 6) is 0. The average molecular weight is 645 g/mol. The molecule has 0 unspecified atom stereocenters. The van der Waals surface area contributed by atoms with E-state index in [0.29, 0.717) is 0 Å². The Hall–Kier alpha value is 3.28. The lowest BCUT2D eigenvalue weighted by molar-refractivity contribution is 0.681. The van der Waals surface area contributed by atoms with Gasteiger partial charge in [0.2, 0.25) is 16.3 Å². The van der Waals surface area contributed by atoms with Crippen LogP contribution in [0.5, 0.6) is 0 Å². The van der Waals surface area contributed by atoms with Gasteiger partial charge in [0, 0.05) is 0 Å². The van der Waals surface area contributed by atoms with E-state index in [1.54, 1.807) is 0 Å². The predicted molar refractivity (Wildman–Crippen MR) is 123 cm³/mol. The third-order valence-electron chi connectivity index (χ3n) is 3.09. The summed E-state index contributed by atoms with van der Waals surface area (Å²) in [4.78, 5) is 0. The Morgan fingerprint density at radius 1 is 0.462 bits per heavy atom. The third kappa shape index (κ3) is 5.02. The van der Waals surface area contributed by atoms with Gasteiger partial charge in [-0.3, -0.25) is 0 Å². The van der Waals surface area contributed by atoms with Gasteiger partial charge in [0.05, 0.1) is 0 Å². The molecule has 0 saturated heterocycles. The van der Waals surface area contributed by atoms with Crippen molar-refractivity contribution in [3.8, 4) is 0 Å². The summed E-state index contributed by atoms with van der Waals surface area (Å²) in [6, 6.07) is 5.55. The van der Waals surface area contributed by atoms with Crippen LogP contribution in [0.15, 0.2) is 24.3 Å². The fourth-order valence-corrected chi connectivity index (χ4v) is 4.53. The van der Waals surface area contributed by atoms with E-state index >= 15 is 0 Å². The Kier molecular flexibility index (Phi) is 9.10. The Morgan fingerprint density at radius 3 is 0.962 bits per heavy atom. The van der Waals surface area contributed by atoms with Gasteiger partial charge in [-0.05, 0) is 17.2 Å². The van der Waals surface area contributed by atoms with Crippen LogP contribution in [0.3, 0.4) is 0 Å². The van der Waals surface area contributed by atoms with Crippen LogP contribution in [-0.2, 0) is 8.67 Å². The SMILES string of the molecule is ClC(Cl)(Cl)C(Cl)(Cl)C(Cl)(Cl)c1cccc(C(Cl)(Cl)C(Cl)(Cl)C(Cl)(Cl)Cl)c1. The molecular formula is C12H4Cl14. The largest absolute Gasteiger partial charge is 0.226 e. The first-order valence-electron chi connectivity index (χ1n) is 5.97. The lowest BCUT2D eigenvalue weighted by Gasteiger charge is -2.40. The Bertz CT molecular complexity index is 597. The van der Waals surface area contributed by atoms with Crippen molar-refractivity contribution in [2.75, 3.05) is 0 Å². The van der Waals surface area contributed by atoms with Crippen molar-refractivity contribution in [1.82, 2.24) is 0 Å². The van der Waals surface area contributed by atoms with Crippen LogP contribution in [0.2, 0.25) is 0 Å². The van der Waals surface area contributed by atoms with E-state index in [1.807, 2.05) is 0 Å². The van der Waals surface area contributed by atoms with Gasteiger partial charge in [-0.1, -0.05) is 181 Å². The molecule has 1 rings (SSSR count). The number of halogens is 14. The summed E-state index contributed by atoms with van der Waals surface area (Å²) >= 11 is 84.1. The summed E-state index contributed by atoms with van der Waals surface area (Å²) in [6.45, 7) is 0. The lowest BCUT2D eigenvalue weighted by atomic mass is 10.0. The smallest absolute Gasteiger partial charge is 0.0930 e. The zero-order chi connectivity index (χ0) is 21.0. The van der Waals surface area contributed by atoms with Gasteiger partial charge >= 0.3 is 0 Å². The van der Waals surface area contributed by atoms with Crippen LogP contribution < -0.4 is 0 Å². The molecule has 0 radical (unpaired) electrons. The summed E-state index contributed by atoms with van der Waals surface area (Å²) in [6.07, 6.45) is 0. The molecule has 0 bridgehead atoms. The van der Waals surface area contributed by atoms with E-state index in [0.717, 1.165) is 0 Å². The molecule has 0 aliphatic carbocycles. The highest BCUT2D eigenvalue weighted by Crippen LogP contribution is 2.63. The van der Waals surface area contributed by atoms with Crippen molar-refractivity contribution in [2.45, 2.75) is 24.9 Å². The number of benzene rings is 1. The van der Waals surface area contributed by atoms with Gasteiger partial charge < -0.3 is 0 Å². The molecule has 0 aliphatic heterocycles. The predicted octanol–water partition coefficient (Wildman–Crippen LogP) is 10.0. The van der Waals surface area contributed by atoms with Gasteiger partial charge in [0.15, 0.2) is 8.67 Å². The van der Waals surface area contributed by atoms with E-state index in [4.69, 9.17) is 162 Å². The second-order valence-corrected chi connectivity index (χ2v) is 14.7. The summed E-state index contributed by atoms with van der Waals surface area (Å²) in [7, 11) is 0. The molecule has 0 atom stereocenters. The van der Waals surface area contributed by atoms with Crippen LogP contribution in [0.25, 0.3) is 0 Å². The fourth-order valence-electron chi connectivity index (χ4n) is 1.63. The first-order chi connectivity index (χ1) is 11.2. The maximum atomic E-state index is 6.28. The minimum Gasteiger partial charge on any atom is -0.0930 e. The molecule has 150 valence electrons. The Morgan fingerprint density at radius 2 is 0.731 bits per heavy atom. The fraction of sp³-hybridized carbons (Fsp3) is 0.500. The molecule has 14 heteroatoms. The number of alkyl halides is 14. The molecule has 0 spiro atoms. The highest BCUT2D eigenvalue weighted by Gasteiger charge is 2.63. The van der Waals surface area contributed by atoms with E-state index in [9.17, 15) is 0 Å². The Labute approximate surface area is 220 Å². The van der Waals surface area contributed by atoms with Crippen LogP contribution in [0, 0.1) is 0 Å². The van der Waals surface area contributed by atoms with Crippen molar-refractivity contribution < 1.29 is 0 Å². The van der Waals surface area contributed by atoms with Crippen molar-refractivity contribution >= 4 is 162 Å². The molecule has 0 fully saturated rings. The molecule has 26 heavy (non-hydrogen) atoms. The van der Waals surface area contributed by atoms with E-state index in [1.165, 1.54) is 24.3 Å². The number of rotatable bonds is 4. The van der Waals surface area contributed by atoms with Crippen molar-refractivity contribution in [1.29, 1.82) is 0 Å². The van der Waals surface area contributed by atoms with Gasteiger partial charge in [0.1, 0.15) is 0 Å². The van der Waals surface area contributed by atoms with Crippen LogP contribution in [0.1, 0.15) is 11.1 Å². The average Bonchev–Trinajstić information content (AvgIpc) is 2.44. The zero-order valence-electron chi connectivity index (χ0n) is 11.6. The maximum Gasteiger partial charge on any atom is 0.226 e. The molecule has 0 N–H and O–H groups in total. The van der Waals surface area contributed by atoms with E-state index < -0.39 is 24.9 Å². The molecule has 0 aliphatic rings. The monoisotopic (exact) mass is 638 g/mol. The maximum absolute atomic E-state index is 6.28.